The molecule has 2 aromatic heterocycles. The predicted octanol–water partition coefficient (Wildman–Crippen LogP) is 6.14. The maximum absolute atomic E-state index is 16.4. The first-order valence-electron chi connectivity index (χ1n) is 16.0. The van der Waals surface area contributed by atoms with Crippen LogP contribution in [0.5, 0.6) is 0 Å². The summed E-state index contributed by atoms with van der Waals surface area (Å²) in [5.74, 6) is -3.30. The van der Waals surface area contributed by atoms with Crippen molar-refractivity contribution in [1.82, 2.24) is 15.0 Å². The Kier molecular flexibility index (Phi) is 8.76. The van der Waals surface area contributed by atoms with Crippen LogP contribution in [-0.4, -0.2) is 61.4 Å². The van der Waals surface area contributed by atoms with Gasteiger partial charge < -0.3 is 10.2 Å². The molecule has 0 aliphatic carbocycles. The van der Waals surface area contributed by atoms with E-state index in [1.807, 2.05) is 11.6 Å². The fraction of sp³-hybridized carbons (Fsp3) is 0.394. The van der Waals surface area contributed by atoms with Crippen molar-refractivity contribution in [1.29, 1.82) is 5.26 Å². The van der Waals surface area contributed by atoms with Gasteiger partial charge in [0.25, 0.3) is 10.0 Å². The number of anilines is 3. The van der Waals surface area contributed by atoms with E-state index in [-0.39, 0.29) is 46.8 Å². The molecule has 0 amide bonds. The van der Waals surface area contributed by atoms with Crippen LogP contribution in [0.15, 0.2) is 53.6 Å². The first-order valence-corrected chi connectivity index (χ1v) is 20.1. The lowest BCUT2D eigenvalue weighted by molar-refractivity contribution is 0.281. The highest BCUT2D eigenvalue weighted by Crippen LogP contribution is 2.50. The minimum atomic E-state index is -4.88. The number of nitrogens with one attached hydrogen (secondary N) is 2. The Labute approximate surface area is 291 Å². The second kappa shape index (κ2) is 12.8. The number of nitriles is 1. The van der Waals surface area contributed by atoms with Crippen molar-refractivity contribution >= 4 is 48.0 Å². The van der Waals surface area contributed by atoms with Crippen molar-refractivity contribution in [2.45, 2.75) is 68.5 Å². The van der Waals surface area contributed by atoms with Gasteiger partial charge in [-0.05, 0) is 75.8 Å². The Bertz CT molecular complexity index is 2200. The SMILES string of the molecule is CC1(C#N)CC2CCC(C1)N2c1nc(-c2cccc(NS(=O)(=O)c3c(F)cccc3F)c2F)c(-c2ccnc(NC3CCS(=O)(=O)CC3)n2)s1. The van der Waals surface area contributed by atoms with Crippen LogP contribution in [0.4, 0.5) is 29.9 Å². The second-order valence-electron chi connectivity index (χ2n) is 13.2. The second-order valence-corrected chi connectivity index (χ2v) is 18.1. The number of nitrogens with zero attached hydrogens (tertiary/aromatic N) is 5. The average molecular weight is 744 g/mol. The minimum absolute atomic E-state index is 0.0362. The molecule has 262 valence electrons. The van der Waals surface area contributed by atoms with Crippen LogP contribution >= 0.6 is 11.3 Å². The summed E-state index contributed by atoms with van der Waals surface area (Å²) >= 11 is 1.28. The zero-order valence-electron chi connectivity index (χ0n) is 26.7. The average Bonchev–Trinajstić information content (AvgIpc) is 3.62. The van der Waals surface area contributed by atoms with Crippen molar-refractivity contribution in [2.24, 2.45) is 5.41 Å². The van der Waals surface area contributed by atoms with Crippen LogP contribution in [0.3, 0.4) is 0 Å². The highest BCUT2D eigenvalue weighted by atomic mass is 32.2. The normalized spacial score (nSPS) is 23.4. The summed E-state index contributed by atoms with van der Waals surface area (Å²) in [6, 6.07) is 10.6. The van der Waals surface area contributed by atoms with Gasteiger partial charge in [0.05, 0.1) is 44.9 Å². The lowest BCUT2D eigenvalue weighted by Gasteiger charge is -2.41. The maximum atomic E-state index is 16.4. The standard InChI is InChI=1S/C33H32F3N7O4S3/c1-33(18-37)16-20-8-9-21(17-33)43(20)32-41-28(29(48-32)26-10-13-38-31(40-26)39-19-11-14-49(44,45)15-12-19)22-4-2-7-25(27(22)36)42-50(46,47)30-23(34)5-3-6-24(30)35/h2-7,10,13,19-21,42H,8-9,11-12,14-17H2,1H3,(H,38,39,40). The van der Waals surface area contributed by atoms with Crippen molar-refractivity contribution in [3.63, 3.8) is 0 Å². The van der Waals surface area contributed by atoms with Gasteiger partial charge in [-0.3, -0.25) is 4.72 Å². The van der Waals surface area contributed by atoms with E-state index in [1.54, 1.807) is 6.07 Å². The minimum Gasteiger partial charge on any atom is -0.351 e. The zero-order chi connectivity index (χ0) is 35.4. The summed E-state index contributed by atoms with van der Waals surface area (Å²) in [5, 5.41) is 13.7. The van der Waals surface area contributed by atoms with Crippen molar-refractivity contribution in [3.05, 3.63) is 66.1 Å². The molecule has 3 aliphatic rings. The van der Waals surface area contributed by atoms with Crippen LogP contribution < -0.4 is 14.9 Å². The first-order chi connectivity index (χ1) is 23.8. The van der Waals surface area contributed by atoms with E-state index in [0.717, 1.165) is 37.1 Å². The molecule has 2 atom stereocenters. The number of rotatable bonds is 8. The Hall–Kier alpha value is -4.27. The summed E-state index contributed by atoms with van der Waals surface area (Å²) in [5.41, 5.74) is -0.525. The van der Waals surface area contributed by atoms with Gasteiger partial charge in [0.2, 0.25) is 5.95 Å². The number of aromatic nitrogens is 3. The number of thiazole rings is 1. The number of sulfone groups is 1. The predicted molar refractivity (Wildman–Crippen MR) is 183 cm³/mol. The van der Waals surface area contributed by atoms with Crippen LogP contribution in [0.1, 0.15) is 45.4 Å². The molecule has 11 nitrogen and oxygen atoms in total. The summed E-state index contributed by atoms with van der Waals surface area (Å²) in [6.45, 7) is 1.96. The van der Waals surface area contributed by atoms with Gasteiger partial charge in [0, 0.05) is 29.9 Å². The number of hydrogen-bond donors (Lipinski definition) is 2. The molecule has 0 saturated carbocycles. The number of hydrogen-bond acceptors (Lipinski definition) is 11. The molecule has 4 aromatic rings. The topological polar surface area (TPSA) is 158 Å². The molecular weight excluding hydrogens is 712 g/mol. The van der Waals surface area contributed by atoms with Crippen LogP contribution in [-0.2, 0) is 19.9 Å². The van der Waals surface area contributed by atoms with E-state index in [9.17, 15) is 30.9 Å². The van der Waals surface area contributed by atoms with Crippen molar-refractivity contribution in [2.75, 3.05) is 26.4 Å². The number of fused-ring (bicyclic) bond motifs is 2. The molecule has 3 fully saturated rings. The molecule has 2 unspecified atom stereocenters. The lowest BCUT2D eigenvalue weighted by atomic mass is 9.78. The molecule has 5 heterocycles. The highest BCUT2D eigenvalue weighted by Gasteiger charge is 2.47. The van der Waals surface area contributed by atoms with E-state index in [4.69, 9.17) is 9.97 Å². The van der Waals surface area contributed by atoms with Crippen molar-refractivity contribution < 1.29 is 30.0 Å². The summed E-state index contributed by atoms with van der Waals surface area (Å²) in [6.07, 6.45) is 5.33. The third-order valence-corrected chi connectivity index (χ3v) is 13.8. The Balaban J connectivity index is 1.29. The van der Waals surface area contributed by atoms with E-state index in [0.29, 0.717) is 41.4 Å². The van der Waals surface area contributed by atoms with Gasteiger partial charge in [-0.1, -0.05) is 23.5 Å². The van der Waals surface area contributed by atoms with Gasteiger partial charge in [0.15, 0.2) is 15.8 Å². The Morgan fingerprint density at radius 2 is 1.64 bits per heavy atom. The molecule has 2 N–H and O–H groups in total. The summed E-state index contributed by atoms with van der Waals surface area (Å²) in [4.78, 5) is 15.4. The molecule has 2 aromatic carbocycles. The van der Waals surface area contributed by atoms with E-state index in [2.05, 4.69) is 21.3 Å². The summed E-state index contributed by atoms with van der Waals surface area (Å²) in [7, 11) is -7.96. The molecule has 3 aliphatic heterocycles. The molecule has 0 spiro atoms. The highest BCUT2D eigenvalue weighted by molar-refractivity contribution is 7.92. The van der Waals surface area contributed by atoms with Crippen molar-refractivity contribution in [3.8, 4) is 27.9 Å². The van der Waals surface area contributed by atoms with Gasteiger partial charge in [0.1, 0.15) is 21.5 Å². The maximum Gasteiger partial charge on any atom is 0.267 e. The molecule has 50 heavy (non-hydrogen) atoms. The molecular formula is C33H32F3N7O4S3. The van der Waals surface area contributed by atoms with Gasteiger partial charge >= 0.3 is 0 Å². The molecule has 17 heteroatoms. The largest absolute Gasteiger partial charge is 0.351 e. The fourth-order valence-electron chi connectivity index (χ4n) is 7.16. The molecule has 0 radical (unpaired) electrons. The third-order valence-electron chi connectivity index (χ3n) is 9.56. The smallest absolute Gasteiger partial charge is 0.267 e. The Morgan fingerprint density at radius 1 is 0.980 bits per heavy atom. The molecule has 3 saturated heterocycles. The van der Waals surface area contributed by atoms with Gasteiger partial charge in [-0.15, -0.1) is 0 Å². The van der Waals surface area contributed by atoms with E-state index >= 15 is 4.39 Å². The number of halogens is 3. The number of sulfonamides is 1. The summed E-state index contributed by atoms with van der Waals surface area (Å²) < 4.78 is 97.3. The number of benzene rings is 2. The number of piperidine rings is 1. The molecule has 2 bridgehead atoms. The van der Waals surface area contributed by atoms with Crippen LogP contribution in [0, 0.1) is 34.2 Å². The monoisotopic (exact) mass is 743 g/mol. The zero-order valence-corrected chi connectivity index (χ0v) is 29.2. The van der Waals surface area contributed by atoms with E-state index < -0.39 is 53.3 Å². The fourth-order valence-corrected chi connectivity index (χ4v) is 11.0. The molecule has 7 rings (SSSR count). The Morgan fingerprint density at radius 3 is 2.30 bits per heavy atom. The third kappa shape index (κ3) is 6.51. The van der Waals surface area contributed by atoms with Gasteiger partial charge in [-0.2, -0.15) is 5.26 Å². The van der Waals surface area contributed by atoms with E-state index in [1.165, 1.54) is 29.7 Å². The quantitative estimate of drug-likeness (QED) is 0.215. The van der Waals surface area contributed by atoms with Gasteiger partial charge in [-0.25, -0.2) is 45.0 Å². The van der Waals surface area contributed by atoms with Crippen LogP contribution in [0.2, 0.25) is 0 Å². The van der Waals surface area contributed by atoms with Crippen LogP contribution in [0.25, 0.3) is 21.8 Å². The first kappa shape index (κ1) is 34.2. The lowest BCUT2D eigenvalue weighted by Crippen LogP contribution is -2.46.